The van der Waals surface area contributed by atoms with Crippen LogP contribution in [0.3, 0.4) is 0 Å². The molecule has 1 atom stereocenters. The molecule has 25 heavy (non-hydrogen) atoms. The Balaban J connectivity index is 1.91. The van der Waals surface area contributed by atoms with E-state index in [1.54, 1.807) is 30.3 Å². The topological polar surface area (TPSA) is 58.2 Å². The third-order valence-electron chi connectivity index (χ3n) is 3.99. The lowest BCUT2D eigenvalue weighted by atomic mass is 10.1. The Morgan fingerprint density at radius 2 is 1.76 bits per heavy atom. The molecule has 0 spiro atoms. The quantitative estimate of drug-likeness (QED) is 0.817. The van der Waals surface area contributed by atoms with Gasteiger partial charge >= 0.3 is 0 Å². The molecule has 0 bridgehead atoms. The van der Waals surface area contributed by atoms with E-state index in [4.69, 9.17) is 23.2 Å². The average molecular weight is 379 g/mol. The van der Waals surface area contributed by atoms with E-state index in [0.29, 0.717) is 15.6 Å². The number of nitrogens with one attached hydrogen (secondary N) is 2. The van der Waals surface area contributed by atoms with Crippen molar-refractivity contribution >= 4 is 35.0 Å². The minimum absolute atomic E-state index is 0.110. The molecular formula is C19H20Cl2N2O2. The molecular weight excluding hydrogens is 359 g/mol. The highest BCUT2D eigenvalue weighted by Gasteiger charge is 2.14. The van der Waals surface area contributed by atoms with Gasteiger partial charge in [-0.1, -0.05) is 35.3 Å². The van der Waals surface area contributed by atoms with Crippen LogP contribution in [0.1, 0.15) is 40.0 Å². The number of hydrogen-bond acceptors (Lipinski definition) is 2. The summed E-state index contributed by atoms with van der Waals surface area (Å²) < 4.78 is 0. The van der Waals surface area contributed by atoms with Gasteiger partial charge in [-0.05, 0) is 61.7 Å². The Kier molecular flexibility index (Phi) is 6.45. The van der Waals surface area contributed by atoms with Gasteiger partial charge in [0.2, 0.25) is 5.91 Å². The monoisotopic (exact) mass is 378 g/mol. The SMILES string of the molecule is Cc1ccc(C(=O)NCC(=O)N[C@H](C)c2ccc(Cl)cc2Cl)cc1C. The first-order valence-corrected chi connectivity index (χ1v) is 8.63. The van der Waals surface area contributed by atoms with Crippen LogP contribution in [0.2, 0.25) is 10.0 Å². The van der Waals surface area contributed by atoms with Crippen LogP contribution in [-0.2, 0) is 4.79 Å². The molecule has 0 saturated carbocycles. The van der Waals surface area contributed by atoms with Crippen molar-refractivity contribution in [2.75, 3.05) is 6.54 Å². The standard InChI is InChI=1S/C19H20Cl2N2O2/c1-11-4-5-14(8-12(11)2)19(25)22-10-18(24)23-13(3)16-7-6-15(20)9-17(16)21/h4-9,13H,10H2,1-3H3,(H,22,25)(H,23,24)/t13-/m1/s1. The first-order chi connectivity index (χ1) is 11.8. The third kappa shape index (κ3) is 5.21. The smallest absolute Gasteiger partial charge is 0.251 e. The summed E-state index contributed by atoms with van der Waals surface area (Å²) in [4.78, 5) is 24.2. The van der Waals surface area contributed by atoms with Crippen LogP contribution in [0.25, 0.3) is 0 Å². The first-order valence-electron chi connectivity index (χ1n) is 7.87. The Labute approximate surface area is 157 Å². The van der Waals surface area contributed by atoms with E-state index in [0.717, 1.165) is 16.7 Å². The van der Waals surface area contributed by atoms with Gasteiger partial charge in [-0.15, -0.1) is 0 Å². The highest BCUT2D eigenvalue weighted by Crippen LogP contribution is 2.25. The number of carbonyl (C=O) groups is 2. The van der Waals surface area contributed by atoms with Gasteiger partial charge in [0.25, 0.3) is 5.91 Å². The molecule has 0 saturated heterocycles. The summed E-state index contributed by atoms with van der Waals surface area (Å²) >= 11 is 12.0. The van der Waals surface area contributed by atoms with Gasteiger partial charge < -0.3 is 10.6 Å². The van der Waals surface area contributed by atoms with Gasteiger partial charge in [0.15, 0.2) is 0 Å². The molecule has 4 nitrogen and oxygen atoms in total. The van der Waals surface area contributed by atoms with Gasteiger partial charge in [0.1, 0.15) is 0 Å². The van der Waals surface area contributed by atoms with E-state index in [1.165, 1.54) is 0 Å². The first kappa shape index (κ1) is 19.3. The third-order valence-corrected chi connectivity index (χ3v) is 4.55. The molecule has 0 aromatic heterocycles. The van der Waals surface area contributed by atoms with E-state index in [2.05, 4.69) is 10.6 Å². The molecule has 0 fully saturated rings. The minimum atomic E-state index is -0.296. The van der Waals surface area contributed by atoms with Crippen LogP contribution in [0.5, 0.6) is 0 Å². The van der Waals surface area contributed by atoms with E-state index in [9.17, 15) is 9.59 Å². The molecule has 0 radical (unpaired) electrons. The highest BCUT2D eigenvalue weighted by atomic mass is 35.5. The predicted octanol–water partition coefficient (Wildman–Crippen LogP) is 4.22. The van der Waals surface area contributed by atoms with Crippen LogP contribution in [0.4, 0.5) is 0 Å². The molecule has 0 aliphatic carbocycles. The van der Waals surface area contributed by atoms with Gasteiger partial charge in [-0.3, -0.25) is 9.59 Å². The van der Waals surface area contributed by atoms with Gasteiger partial charge in [-0.25, -0.2) is 0 Å². The van der Waals surface area contributed by atoms with Crippen molar-refractivity contribution in [2.45, 2.75) is 26.8 Å². The van der Waals surface area contributed by atoms with E-state index >= 15 is 0 Å². The highest BCUT2D eigenvalue weighted by molar-refractivity contribution is 6.35. The largest absolute Gasteiger partial charge is 0.348 e. The minimum Gasteiger partial charge on any atom is -0.348 e. The molecule has 0 unspecified atom stereocenters. The maximum absolute atomic E-state index is 12.1. The predicted molar refractivity (Wildman–Crippen MR) is 101 cm³/mol. The fourth-order valence-corrected chi connectivity index (χ4v) is 2.94. The lowest BCUT2D eigenvalue weighted by molar-refractivity contribution is -0.120. The number of aryl methyl sites for hydroxylation is 2. The second-order valence-electron chi connectivity index (χ2n) is 5.94. The zero-order valence-electron chi connectivity index (χ0n) is 14.3. The molecule has 2 aromatic rings. The molecule has 0 heterocycles. The number of benzene rings is 2. The fourth-order valence-electron chi connectivity index (χ4n) is 2.37. The van der Waals surface area contributed by atoms with Crippen molar-refractivity contribution < 1.29 is 9.59 Å². The van der Waals surface area contributed by atoms with Gasteiger partial charge in [-0.2, -0.15) is 0 Å². The number of halogens is 2. The molecule has 2 amide bonds. The molecule has 132 valence electrons. The van der Waals surface area contributed by atoms with E-state index in [1.807, 2.05) is 26.8 Å². The summed E-state index contributed by atoms with van der Waals surface area (Å²) in [7, 11) is 0. The van der Waals surface area contributed by atoms with Crippen molar-refractivity contribution in [3.8, 4) is 0 Å². The molecule has 2 aromatic carbocycles. The normalized spacial score (nSPS) is 11.7. The molecule has 6 heteroatoms. The van der Waals surface area contributed by atoms with Crippen molar-refractivity contribution in [2.24, 2.45) is 0 Å². The lowest BCUT2D eigenvalue weighted by Gasteiger charge is -2.16. The number of hydrogen-bond donors (Lipinski definition) is 2. The molecule has 2 rings (SSSR count). The number of amides is 2. The lowest BCUT2D eigenvalue weighted by Crippen LogP contribution is -2.38. The van der Waals surface area contributed by atoms with E-state index in [-0.39, 0.29) is 24.4 Å². The summed E-state index contributed by atoms with van der Waals surface area (Å²) in [6.45, 7) is 5.63. The van der Waals surface area contributed by atoms with Crippen LogP contribution in [-0.4, -0.2) is 18.4 Å². The number of rotatable bonds is 5. The second-order valence-corrected chi connectivity index (χ2v) is 6.78. The Bertz CT molecular complexity index is 806. The summed E-state index contributed by atoms with van der Waals surface area (Å²) in [6.07, 6.45) is 0. The molecule has 2 N–H and O–H groups in total. The molecule has 0 aliphatic heterocycles. The fraction of sp³-hybridized carbons (Fsp3) is 0.263. The van der Waals surface area contributed by atoms with Crippen molar-refractivity contribution in [3.05, 3.63) is 68.7 Å². The summed E-state index contributed by atoms with van der Waals surface area (Å²) in [5.74, 6) is -0.578. The molecule has 0 aliphatic rings. The van der Waals surface area contributed by atoms with Crippen molar-refractivity contribution in [1.29, 1.82) is 0 Å². The van der Waals surface area contributed by atoms with Crippen LogP contribution in [0.15, 0.2) is 36.4 Å². The van der Waals surface area contributed by atoms with Crippen molar-refractivity contribution in [3.63, 3.8) is 0 Å². The zero-order valence-corrected chi connectivity index (χ0v) is 15.8. The van der Waals surface area contributed by atoms with Crippen molar-refractivity contribution in [1.82, 2.24) is 10.6 Å². The summed E-state index contributed by atoms with van der Waals surface area (Å²) in [5, 5.41) is 6.44. The van der Waals surface area contributed by atoms with Crippen LogP contribution in [0, 0.1) is 13.8 Å². The summed E-state index contributed by atoms with van der Waals surface area (Å²) in [6, 6.07) is 10.2. The summed E-state index contributed by atoms with van der Waals surface area (Å²) in [5.41, 5.74) is 3.44. The van der Waals surface area contributed by atoms with Crippen LogP contribution < -0.4 is 10.6 Å². The second kappa shape index (κ2) is 8.37. The Morgan fingerprint density at radius 1 is 1.04 bits per heavy atom. The van der Waals surface area contributed by atoms with Gasteiger partial charge in [0, 0.05) is 15.6 Å². The maximum atomic E-state index is 12.1. The Hall–Kier alpha value is -2.04. The van der Waals surface area contributed by atoms with E-state index < -0.39 is 0 Å². The van der Waals surface area contributed by atoms with Gasteiger partial charge in [0.05, 0.1) is 12.6 Å². The maximum Gasteiger partial charge on any atom is 0.251 e. The zero-order chi connectivity index (χ0) is 18.6. The Morgan fingerprint density at radius 3 is 2.40 bits per heavy atom. The van der Waals surface area contributed by atoms with Crippen LogP contribution >= 0.6 is 23.2 Å². The number of carbonyl (C=O) groups excluding carboxylic acids is 2. The average Bonchev–Trinajstić information content (AvgIpc) is 2.55.